The number of aromatic nitrogens is 4. The number of rotatable bonds is 6. The fourth-order valence-corrected chi connectivity index (χ4v) is 4.22. The van der Waals surface area contributed by atoms with Gasteiger partial charge in [-0.3, -0.25) is 4.57 Å². The zero-order chi connectivity index (χ0) is 20.4. The Labute approximate surface area is 175 Å². The van der Waals surface area contributed by atoms with Crippen LogP contribution in [0.5, 0.6) is 0 Å². The fraction of sp³-hybridized carbons (Fsp3) is 0.261. The molecule has 0 aliphatic rings. The lowest BCUT2D eigenvalue weighted by molar-refractivity contribution is 0.716. The van der Waals surface area contributed by atoms with Crippen LogP contribution in [0.3, 0.4) is 0 Å². The average molecular weight is 402 g/mol. The number of hydrogen-bond donors (Lipinski definition) is 0. The highest BCUT2D eigenvalue weighted by Gasteiger charge is 2.14. The lowest BCUT2D eigenvalue weighted by atomic mass is 10.2. The Morgan fingerprint density at radius 2 is 1.90 bits per heavy atom. The van der Waals surface area contributed by atoms with Gasteiger partial charge in [-0.1, -0.05) is 19.1 Å². The van der Waals surface area contributed by atoms with Crippen molar-refractivity contribution in [3.8, 4) is 11.8 Å². The van der Waals surface area contributed by atoms with Crippen molar-refractivity contribution in [1.82, 2.24) is 19.1 Å². The summed E-state index contributed by atoms with van der Waals surface area (Å²) in [6.45, 7) is 4.99. The Kier molecular flexibility index (Phi) is 5.41. The van der Waals surface area contributed by atoms with E-state index in [-0.39, 0.29) is 0 Å². The number of imidazole rings is 1. The molecule has 0 saturated carbocycles. The summed E-state index contributed by atoms with van der Waals surface area (Å²) in [5, 5.41) is 10.5. The number of pyridine rings is 1. The van der Waals surface area contributed by atoms with Crippen molar-refractivity contribution < 1.29 is 0 Å². The van der Waals surface area contributed by atoms with Crippen molar-refractivity contribution >= 4 is 22.9 Å². The topological polar surface area (TPSA) is 59.4 Å². The van der Waals surface area contributed by atoms with Crippen LogP contribution in [0, 0.1) is 18.3 Å². The first-order valence-electron chi connectivity index (χ1n) is 9.72. The van der Waals surface area contributed by atoms with Gasteiger partial charge in [0.15, 0.2) is 5.65 Å². The minimum atomic E-state index is 0.646. The Bertz CT molecular complexity index is 1190. The zero-order valence-electron chi connectivity index (χ0n) is 16.9. The third-order valence-electron chi connectivity index (χ3n) is 5.09. The van der Waals surface area contributed by atoms with E-state index in [1.807, 2.05) is 35.2 Å². The van der Waals surface area contributed by atoms with Crippen LogP contribution >= 0.6 is 11.8 Å². The van der Waals surface area contributed by atoms with Gasteiger partial charge in [0.25, 0.3) is 0 Å². The lowest BCUT2D eigenvalue weighted by Crippen LogP contribution is -2.06. The molecule has 29 heavy (non-hydrogen) atoms. The summed E-state index contributed by atoms with van der Waals surface area (Å²) < 4.78 is 4.22. The van der Waals surface area contributed by atoms with E-state index in [4.69, 9.17) is 4.98 Å². The summed E-state index contributed by atoms with van der Waals surface area (Å²) >= 11 is 1.64. The van der Waals surface area contributed by atoms with E-state index in [2.05, 4.69) is 53.7 Å². The first-order chi connectivity index (χ1) is 14.2. The molecule has 0 spiro atoms. The van der Waals surface area contributed by atoms with Gasteiger partial charge in [-0.15, -0.1) is 11.8 Å². The zero-order valence-corrected chi connectivity index (χ0v) is 17.7. The Hall–Kier alpha value is -3.04. The normalized spacial score (nSPS) is 11.1. The van der Waals surface area contributed by atoms with Gasteiger partial charge in [0.1, 0.15) is 23.1 Å². The number of benzene rings is 1. The summed E-state index contributed by atoms with van der Waals surface area (Å²) in [7, 11) is 0. The second-order valence-corrected chi connectivity index (χ2v) is 7.87. The largest absolute Gasteiger partial charge is 0.308 e. The van der Waals surface area contributed by atoms with Gasteiger partial charge in [-0.05, 0) is 61.1 Å². The molecule has 0 aliphatic heterocycles. The molecule has 0 saturated heterocycles. The molecule has 0 bridgehead atoms. The van der Waals surface area contributed by atoms with Gasteiger partial charge in [0.2, 0.25) is 0 Å². The molecule has 0 radical (unpaired) electrons. The van der Waals surface area contributed by atoms with E-state index in [0.29, 0.717) is 5.69 Å². The van der Waals surface area contributed by atoms with Crippen molar-refractivity contribution in [3.05, 3.63) is 71.3 Å². The summed E-state index contributed by atoms with van der Waals surface area (Å²) in [4.78, 5) is 9.46. The van der Waals surface area contributed by atoms with Gasteiger partial charge in [0.05, 0.1) is 11.6 Å². The van der Waals surface area contributed by atoms with Crippen molar-refractivity contribution in [3.63, 3.8) is 0 Å². The second kappa shape index (κ2) is 8.14. The molecule has 146 valence electrons. The standard InChI is InChI=1S/C23H23N5S/c1-4-5-20-26-22-16(2)12-13-25-23(22)27(20)15-17-6-8-18(9-7-17)28-19(14-24)10-11-21(28)29-3/h6-13H,4-5,15H2,1-3H3. The number of nitriles is 1. The Morgan fingerprint density at radius 1 is 1.10 bits per heavy atom. The molecule has 4 aromatic rings. The van der Waals surface area contributed by atoms with Gasteiger partial charge in [0, 0.05) is 18.3 Å². The number of aryl methyl sites for hydroxylation is 2. The molecule has 0 aliphatic carbocycles. The van der Waals surface area contributed by atoms with Crippen LogP contribution in [0.1, 0.15) is 36.0 Å². The van der Waals surface area contributed by atoms with Crippen LogP contribution in [-0.2, 0) is 13.0 Å². The third-order valence-corrected chi connectivity index (χ3v) is 5.83. The van der Waals surface area contributed by atoms with Gasteiger partial charge >= 0.3 is 0 Å². The number of thioether (sulfide) groups is 1. The van der Waals surface area contributed by atoms with Gasteiger partial charge in [-0.2, -0.15) is 5.26 Å². The predicted octanol–water partition coefficient (Wildman–Crippen LogP) is 5.12. The Morgan fingerprint density at radius 3 is 2.59 bits per heavy atom. The SMILES string of the molecule is CCCc1nc2c(C)ccnc2n1Cc1ccc(-n2c(C#N)ccc2SC)cc1. The predicted molar refractivity (Wildman–Crippen MR) is 118 cm³/mol. The van der Waals surface area contributed by atoms with Crippen molar-refractivity contribution in [1.29, 1.82) is 5.26 Å². The van der Waals surface area contributed by atoms with Crippen molar-refractivity contribution in [2.45, 2.75) is 38.3 Å². The molecule has 4 rings (SSSR count). The molecule has 1 aromatic carbocycles. The van der Waals surface area contributed by atoms with E-state index < -0.39 is 0 Å². The van der Waals surface area contributed by atoms with Gasteiger partial charge < -0.3 is 4.57 Å². The Balaban J connectivity index is 1.70. The summed E-state index contributed by atoms with van der Waals surface area (Å²) in [5.74, 6) is 1.08. The summed E-state index contributed by atoms with van der Waals surface area (Å²) in [5.41, 5.74) is 5.92. The van der Waals surface area contributed by atoms with Crippen LogP contribution in [0.15, 0.2) is 53.7 Å². The van der Waals surface area contributed by atoms with E-state index >= 15 is 0 Å². The van der Waals surface area contributed by atoms with Crippen LogP contribution in [0.4, 0.5) is 0 Å². The highest BCUT2D eigenvalue weighted by molar-refractivity contribution is 7.98. The highest BCUT2D eigenvalue weighted by Crippen LogP contribution is 2.25. The van der Waals surface area contributed by atoms with E-state index in [1.54, 1.807) is 11.8 Å². The van der Waals surface area contributed by atoms with Crippen LogP contribution < -0.4 is 0 Å². The first-order valence-corrected chi connectivity index (χ1v) is 10.9. The van der Waals surface area contributed by atoms with E-state index in [0.717, 1.165) is 52.7 Å². The first kappa shape index (κ1) is 19.3. The van der Waals surface area contributed by atoms with E-state index in [9.17, 15) is 5.26 Å². The molecule has 0 fully saturated rings. The maximum absolute atomic E-state index is 9.42. The molecule has 6 heteroatoms. The number of nitrogens with zero attached hydrogens (tertiary/aromatic N) is 5. The fourth-order valence-electron chi connectivity index (χ4n) is 3.63. The molecular formula is C23H23N5S. The summed E-state index contributed by atoms with van der Waals surface area (Å²) in [6.07, 6.45) is 5.85. The maximum Gasteiger partial charge on any atom is 0.160 e. The monoisotopic (exact) mass is 401 g/mol. The summed E-state index contributed by atoms with van der Waals surface area (Å²) in [6, 6.07) is 16.5. The average Bonchev–Trinajstić information content (AvgIpc) is 3.31. The molecule has 0 amide bonds. The maximum atomic E-state index is 9.42. The molecule has 3 aromatic heterocycles. The quantitative estimate of drug-likeness (QED) is 0.421. The molecule has 3 heterocycles. The molecule has 0 N–H and O–H groups in total. The van der Waals surface area contributed by atoms with Crippen molar-refractivity contribution in [2.75, 3.05) is 6.26 Å². The van der Waals surface area contributed by atoms with Gasteiger partial charge in [-0.25, -0.2) is 9.97 Å². The van der Waals surface area contributed by atoms with Crippen LogP contribution in [0.25, 0.3) is 16.9 Å². The minimum Gasteiger partial charge on any atom is -0.308 e. The van der Waals surface area contributed by atoms with Crippen molar-refractivity contribution in [2.24, 2.45) is 0 Å². The third kappa shape index (κ3) is 3.54. The van der Waals surface area contributed by atoms with E-state index in [1.165, 1.54) is 5.56 Å². The molecule has 5 nitrogen and oxygen atoms in total. The number of hydrogen-bond acceptors (Lipinski definition) is 4. The highest BCUT2D eigenvalue weighted by atomic mass is 32.2. The van der Waals surface area contributed by atoms with Crippen LogP contribution in [0.2, 0.25) is 0 Å². The minimum absolute atomic E-state index is 0.646. The van der Waals surface area contributed by atoms with Crippen LogP contribution in [-0.4, -0.2) is 25.4 Å². The lowest BCUT2D eigenvalue weighted by Gasteiger charge is -2.12. The number of fused-ring (bicyclic) bond motifs is 1. The molecule has 0 unspecified atom stereocenters. The smallest absolute Gasteiger partial charge is 0.160 e. The molecule has 0 atom stereocenters. The second-order valence-electron chi connectivity index (χ2n) is 7.04. The molecular weight excluding hydrogens is 378 g/mol.